The average Bonchev–Trinajstić information content (AvgIpc) is 2.78. The maximum atomic E-state index is 6.27. The second kappa shape index (κ2) is 12.0. The Kier molecular flexibility index (Phi) is 9.08. The fourth-order valence-corrected chi connectivity index (χ4v) is 3.91. The summed E-state index contributed by atoms with van der Waals surface area (Å²) < 4.78 is 11.9. The molecule has 1 N–H and O–H groups in total. The first-order chi connectivity index (χ1) is 15.1. The van der Waals surface area contributed by atoms with E-state index >= 15 is 0 Å². The molecular formula is C26H29Cl2NO2. The van der Waals surface area contributed by atoms with E-state index in [4.69, 9.17) is 32.7 Å². The Bertz CT molecular complexity index is 963. The van der Waals surface area contributed by atoms with Gasteiger partial charge in [-0.2, -0.15) is 0 Å². The monoisotopic (exact) mass is 457 g/mol. The van der Waals surface area contributed by atoms with Crippen molar-refractivity contribution in [2.24, 2.45) is 0 Å². The van der Waals surface area contributed by atoms with E-state index < -0.39 is 0 Å². The molecule has 5 heteroatoms. The van der Waals surface area contributed by atoms with Crippen LogP contribution >= 0.6 is 23.2 Å². The molecule has 3 aromatic rings. The van der Waals surface area contributed by atoms with E-state index in [0.717, 1.165) is 36.3 Å². The minimum atomic E-state index is 0.324. The Morgan fingerprint density at radius 3 is 2.39 bits per heavy atom. The Morgan fingerprint density at radius 2 is 1.68 bits per heavy atom. The molecule has 31 heavy (non-hydrogen) atoms. The normalized spacial score (nSPS) is 11.9. The summed E-state index contributed by atoms with van der Waals surface area (Å²) in [7, 11) is 0. The Morgan fingerprint density at radius 1 is 0.871 bits per heavy atom. The van der Waals surface area contributed by atoms with Crippen LogP contribution in [0.1, 0.15) is 49.4 Å². The number of ether oxygens (including phenoxy) is 2. The molecule has 0 saturated heterocycles. The van der Waals surface area contributed by atoms with Gasteiger partial charge in [0.25, 0.3) is 0 Å². The molecule has 3 aromatic carbocycles. The molecule has 0 aliphatic carbocycles. The van der Waals surface area contributed by atoms with E-state index in [1.54, 1.807) is 6.07 Å². The molecule has 0 aliphatic rings. The fourth-order valence-electron chi connectivity index (χ4n) is 3.45. The lowest BCUT2D eigenvalue weighted by Crippen LogP contribution is -2.20. The molecule has 3 nitrogen and oxygen atoms in total. The summed E-state index contributed by atoms with van der Waals surface area (Å²) in [6, 6.07) is 22.4. The van der Waals surface area contributed by atoms with Crippen LogP contribution < -0.4 is 14.8 Å². The minimum absolute atomic E-state index is 0.324. The van der Waals surface area contributed by atoms with Crippen LogP contribution in [0.4, 0.5) is 0 Å². The van der Waals surface area contributed by atoms with E-state index in [1.165, 1.54) is 5.56 Å². The first kappa shape index (κ1) is 23.5. The molecular weight excluding hydrogens is 429 g/mol. The topological polar surface area (TPSA) is 30.5 Å². The van der Waals surface area contributed by atoms with Crippen LogP contribution in [-0.2, 0) is 13.2 Å². The SMILES string of the molecule is CCC[C@@H](NCc1ccc(OCc2ccc(Cl)cc2Cl)c(OCC)c1)c1ccccc1. The van der Waals surface area contributed by atoms with Crippen molar-refractivity contribution < 1.29 is 9.47 Å². The van der Waals surface area contributed by atoms with Gasteiger partial charge in [-0.3, -0.25) is 0 Å². The molecule has 3 rings (SSSR count). The third kappa shape index (κ3) is 6.90. The number of nitrogens with one attached hydrogen (secondary N) is 1. The zero-order chi connectivity index (χ0) is 22.1. The van der Waals surface area contributed by atoms with Crippen molar-refractivity contribution in [2.75, 3.05) is 6.61 Å². The van der Waals surface area contributed by atoms with Gasteiger partial charge in [0.2, 0.25) is 0 Å². The Labute approximate surface area is 195 Å². The van der Waals surface area contributed by atoms with Crippen molar-refractivity contribution in [3.8, 4) is 11.5 Å². The second-order valence-electron chi connectivity index (χ2n) is 7.37. The summed E-state index contributed by atoms with van der Waals surface area (Å²) in [6.45, 7) is 5.85. The maximum Gasteiger partial charge on any atom is 0.161 e. The molecule has 0 spiro atoms. The van der Waals surface area contributed by atoms with Crippen LogP contribution in [0.3, 0.4) is 0 Å². The van der Waals surface area contributed by atoms with Gasteiger partial charge < -0.3 is 14.8 Å². The maximum absolute atomic E-state index is 6.27. The number of halogens is 2. The summed E-state index contributed by atoms with van der Waals surface area (Å²) >= 11 is 12.2. The Hall–Kier alpha value is -2.20. The van der Waals surface area contributed by atoms with E-state index in [2.05, 4.69) is 48.6 Å². The van der Waals surface area contributed by atoms with Gasteiger partial charge in [-0.25, -0.2) is 0 Å². The molecule has 0 aliphatic heterocycles. The highest BCUT2D eigenvalue weighted by Gasteiger charge is 2.12. The van der Waals surface area contributed by atoms with Crippen LogP contribution in [-0.4, -0.2) is 6.61 Å². The third-order valence-electron chi connectivity index (χ3n) is 5.04. The molecule has 0 heterocycles. The van der Waals surface area contributed by atoms with Crippen LogP contribution in [0.2, 0.25) is 10.0 Å². The smallest absolute Gasteiger partial charge is 0.161 e. The van der Waals surface area contributed by atoms with Gasteiger partial charge in [0.1, 0.15) is 6.61 Å². The van der Waals surface area contributed by atoms with Crippen LogP contribution in [0, 0.1) is 0 Å². The number of hydrogen-bond donors (Lipinski definition) is 1. The first-order valence-corrected chi connectivity index (χ1v) is 11.5. The zero-order valence-electron chi connectivity index (χ0n) is 18.0. The van der Waals surface area contributed by atoms with Gasteiger partial charge >= 0.3 is 0 Å². The fraction of sp³-hybridized carbons (Fsp3) is 0.308. The number of hydrogen-bond acceptors (Lipinski definition) is 3. The lowest BCUT2D eigenvalue weighted by molar-refractivity contribution is 0.269. The number of benzene rings is 3. The molecule has 0 fully saturated rings. The van der Waals surface area contributed by atoms with E-state index in [0.29, 0.717) is 35.1 Å². The molecule has 0 aromatic heterocycles. The summed E-state index contributed by atoms with van der Waals surface area (Å²) in [5.41, 5.74) is 3.34. The van der Waals surface area contributed by atoms with Crippen molar-refractivity contribution in [3.05, 3.63) is 93.5 Å². The summed E-state index contributed by atoms with van der Waals surface area (Å²) in [4.78, 5) is 0. The highest BCUT2D eigenvalue weighted by molar-refractivity contribution is 6.35. The van der Waals surface area contributed by atoms with E-state index in [1.807, 2.05) is 31.2 Å². The van der Waals surface area contributed by atoms with Gasteiger partial charge in [-0.1, -0.05) is 79.0 Å². The summed E-state index contributed by atoms with van der Waals surface area (Å²) in [6.07, 6.45) is 2.21. The highest BCUT2D eigenvalue weighted by Crippen LogP contribution is 2.31. The van der Waals surface area contributed by atoms with Gasteiger partial charge in [0, 0.05) is 28.2 Å². The highest BCUT2D eigenvalue weighted by atomic mass is 35.5. The van der Waals surface area contributed by atoms with Crippen LogP contribution in [0.25, 0.3) is 0 Å². The molecule has 164 valence electrons. The van der Waals surface area contributed by atoms with Crippen molar-refractivity contribution in [1.82, 2.24) is 5.32 Å². The van der Waals surface area contributed by atoms with E-state index in [9.17, 15) is 0 Å². The molecule has 0 amide bonds. The predicted molar refractivity (Wildman–Crippen MR) is 129 cm³/mol. The standard InChI is InChI=1S/C26H29Cl2NO2/c1-3-8-24(20-9-6-5-7-10-20)29-17-19-11-14-25(26(15-19)30-4-2)31-18-21-12-13-22(27)16-23(21)28/h5-7,9-16,24,29H,3-4,8,17-18H2,1-2H3/t24-/m1/s1. The summed E-state index contributed by atoms with van der Waals surface area (Å²) in [5.74, 6) is 1.43. The molecule has 0 bridgehead atoms. The lowest BCUT2D eigenvalue weighted by Gasteiger charge is -2.19. The summed E-state index contributed by atoms with van der Waals surface area (Å²) in [5, 5.41) is 4.89. The third-order valence-corrected chi connectivity index (χ3v) is 5.63. The lowest BCUT2D eigenvalue weighted by atomic mass is 10.0. The zero-order valence-corrected chi connectivity index (χ0v) is 19.5. The quantitative estimate of drug-likeness (QED) is 0.321. The van der Waals surface area contributed by atoms with E-state index in [-0.39, 0.29) is 0 Å². The average molecular weight is 458 g/mol. The predicted octanol–water partition coefficient (Wildman–Crippen LogP) is 7.60. The number of rotatable bonds is 11. The van der Waals surface area contributed by atoms with Gasteiger partial charge in [-0.05, 0) is 48.7 Å². The molecule has 1 atom stereocenters. The van der Waals surface area contributed by atoms with Gasteiger partial charge in [0.05, 0.1) is 6.61 Å². The second-order valence-corrected chi connectivity index (χ2v) is 8.21. The minimum Gasteiger partial charge on any atom is -0.490 e. The molecule has 0 saturated carbocycles. The Balaban J connectivity index is 1.68. The van der Waals surface area contributed by atoms with Crippen LogP contribution in [0.15, 0.2) is 66.7 Å². The van der Waals surface area contributed by atoms with Crippen molar-refractivity contribution in [1.29, 1.82) is 0 Å². The molecule has 0 radical (unpaired) electrons. The first-order valence-electron chi connectivity index (χ1n) is 10.7. The largest absolute Gasteiger partial charge is 0.490 e. The van der Waals surface area contributed by atoms with Crippen molar-refractivity contribution in [3.63, 3.8) is 0 Å². The van der Waals surface area contributed by atoms with Gasteiger partial charge in [-0.15, -0.1) is 0 Å². The van der Waals surface area contributed by atoms with Crippen molar-refractivity contribution >= 4 is 23.2 Å². The molecule has 0 unspecified atom stereocenters. The van der Waals surface area contributed by atoms with Crippen LogP contribution in [0.5, 0.6) is 11.5 Å². The van der Waals surface area contributed by atoms with Crippen molar-refractivity contribution in [2.45, 2.75) is 45.9 Å². The van der Waals surface area contributed by atoms with Gasteiger partial charge in [0.15, 0.2) is 11.5 Å².